The Kier molecular flexibility index (Phi) is 7.11. The molecule has 0 radical (unpaired) electrons. The molecule has 0 aliphatic carbocycles. The number of amides is 1. The predicted octanol–water partition coefficient (Wildman–Crippen LogP) is 3.34. The fourth-order valence-electron chi connectivity index (χ4n) is 2.17. The molecule has 0 bridgehead atoms. The van der Waals surface area contributed by atoms with E-state index in [2.05, 4.69) is 5.32 Å². The van der Waals surface area contributed by atoms with Crippen LogP contribution < -0.4 is 20.5 Å². The van der Waals surface area contributed by atoms with E-state index >= 15 is 0 Å². The van der Waals surface area contributed by atoms with E-state index in [1.54, 1.807) is 0 Å². The van der Waals surface area contributed by atoms with Crippen LogP contribution in [0.5, 0.6) is 11.5 Å². The van der Waals surface area contributed by atoms with Gasteiger partial charge in [-0.3, -0.25) is 4.79 Å². The molecule has 5 nitrogen and oxygen atoms in total. The van der Waals surface area contributed by atoms with Gasteiger partial charge < -0.3 is 20.5 Å². The Morgan fingerprint density at radius 2 is 1.62 bits per heavy atom. The number of benzene rings is 2. The van der Waals surface area contributed by atoms with Gasteiger partial charge in [0.15, 0.2) is 0 Å². The number of hydrogen-bond acceptors (Lipinski definition) is 4. The number of nitrogens with two attached hydrogens (primary N) is 1. The number of ether oxygens (including phenoxy) is 2. The first-order valence-electron chi connectivity index (χ1n) is 8.15. The van der Waals surface area contributed by atoms with Gasteiger partial charge in [-0.05, 0) is 55.3 Å². The zero-order valence-corrected chi connectivity index (χ0v) is 14.0. The van der Waals surface area contributed by atoms with Crippen molar-refractivity contribution < 1.29 is 14.3 Å². The lowest BCUT2D eigenvalue weighted by atomic mass is 10.2. The second-order valence-electron chi connectivity index (χ2n) is 5.31. The van der Waals surface area contributed by atoms with E-state index in [4.69, 9.17) is 15.2 Å². The monoisotopic (exact) mass is 328 g/mol. The van der Waals surface area contributed by atoms with E-state index in [0.29, 0.717) is 32.6 Å². The maximum Gasteiger partial charge on any atom is 0.224 e. The number of nitrogens with one attached hydrogen (secondary N) is 1. The Bertz CT molecular complexity index is 624. The van der Waals surface area contributed by atoms with Crippen molar-refractivity contribution in [3.05, 3.63) is 54.1 Å². The number of anilines is 1. The van der Waals surface area contributed by atoms with Crippen molar-refractivity contribution >= 4 is 11.6 Å². The number of carbonyl (C=O) groups is 1. The van der Waals surface area contributed by atoms with Crippen molar-refractivity contribution in [2.24, 2.45) is 5.73 Å². The largest absolute Gasteiger partial charge is 0.494 e. The summed E-state index contributed by atoms with van der Waals surface area (Å²) in [6.45, 7) is 3.58. The van der Waals surface area contributed by atoms with Gasteiger partial charge in [0.1, 0.15) is 11.5 Å². The van der Waals surface area contributed by atoms with Crippen LogP contribution in [-0.2, 0) is 11.3 Å². The molecule has 0 fully saturated rings. The van der Waals surface area contributed by atoms with Gasteiger partial charge in [-0.15, -0.1) is 0 Å². The average Bonchev–Trinajstić information content (AvgIpc) is 2.61. The molecule has 2 aromatic rings. The summed E-state index contributed by atoms with van der Waals surface area (Å²) in [6.07, 6.45) is 1.07. The molecule has 0 atom stereocenters. The molecule has 0 aromatic heterocycles. The van der Waals surface area contributed by atoms with E-state index in [0.717, 1.165) is 22.7 Å². The number of carbonyl (C=O) groups excluding carboxylic acids is 1. The molecular weight excluding hydrogens is 304 g/mol. The van der Waals surface area contributed by atoms with Crippen molar-refractivity contribution in [3.8, 4) is 11.5 Å². The van der Waals surface area contributed by atoms with Gasteiger partial charge >= 0.3 is 0 Å². The number of rotatable bonds is 9. The highest BCUT2D eigenvalue weighted by Gasteiger charge is 2.03. The Labute approximate surface area is 142 Å². The third-order valence-electron chi connectivity index (χ3n) is 3.43. The standard InChI is InChI=1S/C19H24N2O3/c1-2-23-17-9-11-18(12-10-17)24-13-3-4-19(22)21-16-7-5-15(14-20)6-8-16/h5-12H,2-4,13-14,20H2,1H3,(H,21,22). The van der Waals surface area contributed by atoms with Gasteiger partial charge in [0.05, 0.1) is 13.2 Å². The predicted molar refractivity (Wildman–Crippen MR) is 95.3 cm³/mol. The molecule has 1 amide bonds. The first-order valence-corrected chi connectivity index (χ1v) is 8.15. The molecule has 3 N–H and O–H groups in total. The minimum absolute atomic E-state index is 0.0224. The van der Waals surface area contributed by atoms with E-state index in [-0.39, 0.29) is 5.91 Å². The topological polar surface area (TPSA) is 73.6 Å². The van der Waals surface area contributed by atoms with Crippen LogP contribution in [0.3, 0.4) is 0 Å². The molecule has 128 valence electrons. The molecule has 24 heavy (non-hydrogen) atoms. The van der Waals surface area contributed by atoms with Crippen LogP contribution in [0, 0.1) is 0 Å². The first kappa shape index (κ1) is 17.8. The van der Waals surface area contributed by atoms with Crippen molar-refractivity contribution in [1.29, 1.82) is 0 Å². The lowest BCUT2D eigenvalue weighted by Gasteiger charge is -2.08. The average molecular weight is 328 g/mol. The normalized spacial score (nSPS) is 10.2. The van der Waals surface area contributed by atoms with E-state index in [9.17, 15) is 4.79 Å². The summed E-state index contributed by atoms with van der Waals surface area (Å²) >= 11 is 0. The highest BCUT2D eigenvalue weighted by Crippen LogP contribution is 2.17. The van der Waals surface area contributed by atoms with Gasteiger partial charge in [0.2, 0.25) is 5.91 Å². The molecule has 0 unspecified atom stereocenters. The summed E-state index contributed by atoms with van der Waals surface area (Å²) in [5, 5.41) is 2.86. The molecule has 2 rings (SSSR count). The fraction of sp³-hybridized carbons (Fsp3) is 0.316. The summed E-state index contributed by atoms with van der Waals surface area (Å²) in [4.78, 5) is 11.9. The Hall–Kier alpha value is -2.53. The molecule has 5 heteroatoms. The molecule has 0 spiro atoms. The fourth-order valence-corrected chi connectivity index (χ4v) is 2.17. The summed E-state index contributed by atoms with van der Waals surface area (Å²) in [5.74, 6) is 1.58. The molecule has 2 aromatic carbocycles. The second kappa shape index (κ2) is 9.57. The molecule has 0 saturated heterocycles. The quantitative estimate of drug-likeness (QED) is 0.692. The zero-order valence-electron chi connectivity index (χ0n) is 14.0. The maximum absolute atomic E-state index is 11.9. The lowest BCUT2D eigenvalue weighted by Crippen LogP contribution is -2.12. The zero-order chi connectivity index (χ0) is 17.2. The van der Waals surface area contributed by atoms with Gasteiger partial charge in [0, 0.05) is 18.7 Å². The molecule has 0 aliphatic heterocycles. The summed E-state index contributed by atoms with van der Waals surface area (Å²) in [5.41, 5.74) is 7.37. The second-order valence-corrected chi connectivity index (χ2v) is 5.31. The highest BCUT2D eigenvalue weighted by atomic mass is 16.5. The van der Waals surface area contributed by atoms with Crippen LogP contribution in [-0.4, -0.2) is 19.1 Å². The van der Waals surface area contributed by atoms with E-state index in [1.807, 2.05) is 55.5 Å². The van der Waals surface area contributed by atoms with Crippen molar-refractivity contribution in [2.45, 2.75) is 26.3 Å². The van der Waals surface area contributed by atoms with Crippen LogP contribution in [0.4, 0.5) is 5.69 Å². The molecule has 0 heterocycles. The first-order chi connectivity index (χ1) is 11.7. The van der Waals surface area contributed by atoms with E-state index in [1.165, 1.54) is 0 Å². The lowest BCUT2D eigenvalue weighted by molar-refractivity contribution is -0.116. The number of hydrogen-bond donors (Lipinski definition) is 2. The van der Waals surface area contributed by atoms with Gasteiger partial charge in [-0.1, -0.05) is 12.1 Å². The van der Waals surface area contributed by atoms with Crippen molar-refractivity contribution in [3.63, 3.8) is 0 Å². The maximum atomic E-state index is 11.9. The van der Waals surface area contributed by atoms with Gasteiger partial charge in [0.25, 0.3) is 0 Å². The Morgan fingerprint density at radius 3 is 2.21 bits per heavy atom. The van der Waals surface area contributed by atoms with Crippen LogP contribution in [0.25, 0.3) is 0 Å². The van der Waals surface area contributed by atoms with Crippen molar-refractivity contribution in [1.82, 2.24) is 0 Å². The third-order valence-corrected chi connectivity index (χ3v) is 3.43. The Balaban J connectivity index is 1.66. The minimum atomic E-state index is -0.0224. The van der Waals surface area contributed by atoms with Crippen LogP contribution >= 0.6 is 0 Å². The van der Waals surface area contributed by atoms with Gasteiger partial charge in [-0.25, -0.2) is 0 Å². The third kappa shape index (κ3) is 5.93. The summed E-state index contributed by atoms with van der Waals surface area (Å²) < 4.78 is 11.0. The van der Waals surface area contributed by atoms with Crippen molar-refractivity contribution in [2.75, 3.05) is 18.5 Å². The SMILES string of the molecule is CCOc1ccc(OCCCC(=O)Nc2ccc(CN)cc2)cc1. The summed E-state index contributed by atoms with van der Waals surface area (Å²) in [6, 6.07) is 15.0. The molecule has 0 aliphatic rings. The molecule has 0 saturated carbocycles. The molecular formula is C19H24N2O3. The van der Waals surface area contributed by atoms with Gasteiger partial charge in [-0.2, -0.15) is 0 Å². The van der Waals surface area contributed by atoms with E-state index < -0.39 is 0 Å². The summed E-state index contributed by atoms with van der Waals surface area (Å²) in [7, 11) is 0. The minimum Gasteiger partial charge on any atom is -0.494 e. The highest BCUT2D eigenvalue weighted by molar-refractivity contribution is 5.90. The van der Waals surface area contributed by atoms with Crippen LogP contribution in [0.1, 0.15) is 25.3 Å². The smallest absolute Gasteiger partial charge is 0.224 e. The van der Waals surface area contributed by atoms with Crippen LogP contribution in [0.2, 0.25) is 0 Å². The van der Waals surface area contributed by atoms with Crippen LogP contribution in [0.15, 0.2) is 48.5 Å². The Morgan fingerprint density at radius 1 is 1.00 bits per heavy atom.